The predicted octanol–water partition coefficient (Wildman–Crippen LogP) is 2.67. The van der Waals surface area contributed by atoms with Crippen LogP contribution in [-0.4, -0.2) is 32.3 Å². The predicted molar refractivity (Wildman–Crippen MR) is 76.5 cm³/mol. The van der Waals surface area contributed by atoms with Crippen molar-refractivity contribution in [1.82, 2.24) is 5.32 Å². The first-order valence-electron chi connectivity index (χ1n) is 6.34. The van der Waals surface area contributed by atoms with Crippen LogP contribution in [0.25, 0.3) is 0 Å². The van der Waals surface area contributed by atoms with Gasteiger partial charge in [-0.05, 0) is 33.0 Å². The second kappa shape index (κ2) is 5.47. The minimum Gasteiger partial charge on any atom is -0.372 e. The molecule has 1 saturated heterocycles. The van der Waals surface area contributed by atoms with Crippen molar-refractivity contribution in [3.8, 4) is 0 Å². The molecule has 1 aliphatic heterocycles. The topological polar surface area (TPSA) is 24.5 Å². The summed E-state index contributed by atoms with van der Waals surface area (Å²) in [5.74, 6) is 0. The van der Waals surface area contributed by atoms with Gasteiger partial charge in [-0.15, -0.1) is 0 Å². The van der Waals surface area contributed by atoms with E-state index in [9.17, 15) is 0 Å². The molecule has 0 aromatic heterocycles. The third kappa shape index (κ3) is 2.97. The van der Waals surface area contributed by atoms with Gasteiger partial charge in [-0.3, -0.25) is 0 Å². The van der Waals surface area contributed by atoms with Gasteiger partial charge in [0.05, 0.1) is 12.2 Å². The Morgan fingerprint density at radius 2 is 2.22 bits per heavy atom. The Hall–Kier alpha value is -0.770. The Kier molecular flexibility index (Phi) is 4.15. The molecule has 1 heterocycles. The second-order valence-corrected chi connectivity index (χ2v) is 5.70. The van der Waals surface area contributed by atoms with E-state index in [1.165, 1.54) is 11.3 Å². The molecule has 100 valence electrons. The Bertz CT molecular complexity index is 420. The SMILES string of the molecule is CNCc1c(Cl)cccc1N1CCOC(C)(C)C1. The maximum absolute atomic E-state index is 6.30. The maximum Gasteiger partial charge on any atom is 0.0801 e. The average molecular weight is 269 g/mol. The van der Waals surface area contributed by atoms with Gasteiger partial charge in [-0.1, -0.05) is 17.7 Å². The van der Waals surface area contributed by atoms with Crippen molar-refractivity contribution in [3.63, 3.8) is 0 Å². The fourth-order valence-corrected chi connectivity index (χ4v) is 2.65. The van der Waals surface area contributed by atoms with Crippen molar-refractivity contribution < 1.29 is 4.74 Å². The molecule has 0 atom stereocenters. The number of nitrogens with one attached hydrogen (secondary N) is 1. The van der Waals surface area contributed by atoms with Gasteiger partial charge in [0.15, 0.2) is 0 Å². The lowest BCUT2D eigenvalue weighted by Gasteiger charge is -2.40. The highest BCUT2D eigenvalue weighted by atomic mass is 35.5. The zero-order chi connectivity index (χ0) is 13.2. The lowest BCUT2D eigenvalue weighted by molar-refractivity contribution is -0.0277. The minimum atomic E-state index is -0.0997. The summed E-state index contributed by atoms with van der Waals surface area (Å²) in [5, 5.41) is 4.01. The van der Waals surface area contributed by atoms with E-state index in [2.05, 4.69) is 30.1 Å². The molecule has 0 aliphatic carbocycles. The number of morpholine rings is 1. The molecular formula is C14H21ClN2O. The summed E-state index contributed by atoms with van der Waals surface area (Å²) in [4.78, 5) is 2.36. The molecule has 4 heteroatoms. The van der Waals surface area contributed by atoms with Crippen LogP contribution in [0, 0.1) is 0 Å². The smallest absolute Gasteiger partial charge is 0.0801 e. The molecule has 1 aromatic carbocycles. The van der Waals surface area contributed by atoms with Crippen LogP contribution in [-0.2, 0) is 11.3 Å². The van der Waals surface area contributed by atoms with E-state index >= 15 is 0 Å². The first-order valence-corrected chi connectivity index (χ1v) is 6.72. The number of hydrogen-bond donors (Lipinski definition) is 1. The number of anilines is 1. The van der Waals surface area contributed by atoms with Crippen molar-refractivity contribution in [2.24, 2.45) is 0 Å². The fourth-order valence-electron chi connectivity index (χ4n) is 2.42. The quantitative estimate of drug-likeness (QED) is 0.912. The van der Waals surface area contributed by atoms with E-state index in [1.807, 2.05) is 19.2 Å². The van der Waals surface area contributed by atoms with Crippen LogP contribution in [0.1, 0.15) is 19.4 Å². The number of nitrogens with zero attached hydrogens (tertiary/aromatic N) is 1. The van der Waals surface area contributed by atoms with Crippen LogP contribution in [0.3, 0.4) is 0 Å². The Morgan fingerprint density at radius 1 is 1.44 bits per heavy atom. The van der Waals surface area contributed by atoms with Crippen LogP contribution in [0.4, 0.5) is 5.69 Å². The summed E-state index contributed by atoms with van der Waals surface area (Å²) in [6, 6.07) is 6.10. The molecule has 1 N–H and O–H groups in total. The van der Waals surface area contributed by atoms with Crippen LogP contribution in [0.5, 0.6) is 0 Å². The van der Waals surface area contributed by atoms with Gasteiger partial charge in [0.25, 0.3) is 0 Å². The van der Waals surface area contributed by atoms with E-state index in [-0.39, 0.29) is 5.60 Å². The molecule has 0 radical (unpaired) electrons. The van der Waals surface area contributed by atoms with E-state index in [0.717, 1.165) is 31.3 Å². The van der Waals surface area contributed by atoms with Crippen molar-refractivity contribution in [2.75, 3.05) is 31.6 Å². The third-order valence-electron chi connectivity index (χ3n) is 3.21. The van der Waals surface area contributed by atoms with E-state index < -0.39 is 0 Å². The molecule has 1 aliphatic rings. The monoisotopic (exact) mass is 268 g/mol. The molecule has 1 aromatic rings. The van der Waals surface area contributed by atoms with Crippen LogP contribution in [0.2, 0.25) is 5.02 Å². The summed E-state index contributed by atoms with van der Waals surface area (Å²) in [6.45, 7) is 7.61. The van der Waals surface area contributed by atoms with Crippen LogP contribution >= 0.6 is 11.6 Å². The molecule has 0 saturated carbocycles. The number of benzene rings is 1. The van der Waals surface area contributed by atoms with Gasteiger partial charge in [-0.25, -0.2) is 0 Å². The number of ether oxygens (including phenoxy) is 1. The van der Waals surface area contributed by atoms with Gasteiger partial charge in [0.2, 0.25) is 0 Å². The molecule has 1 fully saturated rings. The van der Waals surface area contributed by atoms with Crippen molar-refractivity contribution in [2.45, 2.75) is 26.0 Å². The summed E-state index contributed by atoms with van der Waals surface area (Å²) < 4.78 is 5.76. The van der Waals surface area contributed by atoms with Gasteiger partial charge in [0.1, 0.15) is 0 Å². The molecule has 18 heavy (non-hydrogen) atoms. The summed E-state index contributed by atoms with van der Waals surface area (Å²) in [5.41, 5.74) is 2.28. The molecule has 0 bridgehead atoms. The van der Waals surface area contributed by atoms with Gasteiger partial charge >= 0.3 is 0 Å². The zero-order valence-electron chi connectivity index (χ0n) is 11.3. The Morgan fingerprint density at radius 3 is 2.89 bits per heavy atom. The van der Waals surface area contributed by atoms with E-state index in [0.29, 0.717) is 0 Å². The first-order chi connectivity index (χ1) is 8.53. The molecule has 0 spiro atoms. The number of halogens is 1. The van der Waals surface area contributed by atoms with Crippen LogP contribution < -0.4 is 10.2 Å². The second-order valence-electron chi connectivity index (χ2n) is 5.30. The fraction of sp³-hybridized carbons (Fsp3) is 0.571. The Labute approximate surface area is 114 Å². The number of hydrogen-bond acceptors (Lipinski definition) is 3. The van der Waals surface area contributed by atoms with Crippen LogP contribution in [0.15, 0.2) is 18.2 Å². The van der Waals surface area contributed by atoms with Gasteiger partial charge in [-0.2, -0.15) is 0 Å². The summed E-state index contributed by atoms with van der Waals surface area (Å²) >= 11 is 6.30. The minimum absolute atomic E-state index is 0.0997. The standard InChI is InChI=1S/C14H21ClN2O/c1-14(2)10-17(7-8-18-14)13-6-4-5-12(15)11(13)9-16-3/h4-6,16H,7-10H2,1-3H3. The van der Waals surface area contributed by atoms with Crippen molar-refractivity contribution >= 4 is 17.3 Å². The molecule has 3 nitrogen and oxygen atoms in total. The largest absolute Gasteiger partial charge is 0.372 e. The summed E-state index contributed by atoms with van der Waals surface area (Å²) in [7, 11) is 1.94. The van der Waals surface area contributed by atoms with Crippen molar-refractivity contribution in [3.05, 3.63) is 28.8 Å². The maximum atomic E-state index is 6.30. The molecule has 0 unspecified atom stereocenters. The highest BCUT2D eigenvalue weighted by molar-refractivity contribution is 6.31. The lowest BCUT2D eigenvalue weighted by Crippen LogP contribution is -2.48. The highest BCUT2D eigenvalue weighted by Gasteiger charge is 2.28. The highest BCUT2D eigenvalue weighted by Crippen LogP contribution is 2.30. The van der Waals surface area contributed by atoms with Crippen molar-refractivity contribution in [1.29, 1.82) is 0 Å². The first kappa shape index (κ1) is 13.7. The lowest BCUT2D eigenvalue weighted by atomic mass is 10.0. The summed E-state index contributed by atoms with van der Waals surface area (Å²) in [6.07, 6.45) is 0. The molecule has 2 rings (SSSR count). The zero-order valence-corrected chi connectivity index (χ0v) is 12.0. The normalized spacial score (nSPS) is 19.0. The van der Waals surface area contributed by atoms with E-state index in [1.54, 1.807) is 0 Å². The van der Waals surface area contributed by atoms with Gasteiger partial charge < -0.3 is 15.0 Å². The van der Waals surface area contributed by atoms with Gasteiger partial charge in [0, 0.05) is 35.9 Å². The average Bonchev–Trinajstić information content (AvgIpc) is 2.30. The molecular weight excluding hydrogens is 248 g/mol. The van der Waals surface area contributed by atoms with E-state index in [4.69, 9.17) is 16.3 Å². The number of rotatable bonds is 3. The Balaban J connectivity index is 2.29. The third-order valence-corrected chi connectivity index (χ3v) is 3.57. The molecule has 0 amide bonds.